The molecule has 0 saturated heterocycles. The summed E-state index contributed by atoms with van der Waals surface area (Å²) >= 11 is 1.51. The van der Waals surface area contributed by atoms with Crippen LogP contribution >= 0.6 is 11.3 Å². The van der Waals surface area contributed by atoms with Crippen molar-refractivity contribution in [1.82, 2.24) is 20.0 Å². The quantitative estimate of drug-likeness (QED) is 0.689. The summed E-state index contributed by atoms with van der Waals surface area (Å²) < 4.78 is 8.42. The van der Waals surface area contributed by atoms with E-state index in [9.17, 15) is 9.59 Å². The van der Waals surface area contributed by atoms with Gasteiger partial charge in [-0.25, -0.2) is 4.79 Å². The average Bonchev–Trinajstić information content (AvgIpc) is 3.31. The van der Waals surface area contributed by atoms with Gasteiger partial charge in [-0.05, 0) is 38.8 Å². The Hall–Kier alpha value is -1.48. The topological polar surface area (TPSA) is 77.3 Å². The minimum atomic E-state index is -0.297. The third-order valence-electron chi connectivity index (χ3n) is 5.22. The van der Waals surface area contributed by atoms with Crippen molar-refractivity contribution in [2.75, 3.05) is 20.8 Å². The highest BCUT2D eigenvalue weighted by Crippen LogP contribution is 2.45. The van der Waals surface area contributed by atoms with E-state index in [-0.39, 0.29) is 16.8 Å². The van der Waals surface area contributed by atoms with E-state index in [1.165, 1.54) is 15.9 Å². The van der Waals surface area contributed by atoms with Crippen LogP contribution in [0.1, 0.15) is 36.6 Å². The summed E-state index contributed by atoms with van der Waals surface area (Å²) in [6.45, 7) is 5.51. The van der Waals surface area contributed by atoms with Crippen molar-refractivity contribution in [3.63, 3.8) is 0 Å². The van der Waals surface area contributed by atoms with E-state index in [4.69, 9.17) is 4.74 Å². The number of rotatable bonds is 8. The molecule has 1 fully saturated rings. The van der Waals surface area contributed by atoms with Crippen LogP contribution in [-0.4, -0.2) is 29.9 Å². The lowest BCUT2D eigenvalue weighted by Crippen LogP contribution is -2.45. The van der Waals surface area contributed by atoms with Gasteiger partial charge in [-0.1, -0.05) is 6.92 Å². The Bertz CT molecular complexity index is 892. The Morgan fingerprint density at radius 2 is 2.04 bits per heavy atom. The lowest BCUT2D eigenvalue weighted by molar-refractivity contribution is 0.186. The first-order chi connectivity index (χ1) is 12.0. The number of methoxy groups -OCH3 is 1. The monoisotopic (exact) mass is 366 g/mol. The fourth-order valence-corrected chi connectivity index (χ4v) is 4.66. The molecule has 1 aliphatic rings. The number of aryl methyl sites for hydroxylation is 1. The van der Waals surface area contributed by atoms with Crippen LogP contribution in [0, 0.1) is 6.92 Å². The van der Waals surface area contributed by atoms with Crippen molar-refractivity contribution in [1.29, 1.82) is 0 Å². The SMILES string of the molecule is CCC1(n2c(=O)c3c(C)c(CNNC)sc3n(CCOC)c2=O)CC1. The van der Waals surface area contributed by atoms with Crippen molar-refractivity contribution < 1.29 is 4.74 Å². The zero-order chi connectivity index (χ0) is 18.2. The largest absolute Gasteiger partial charge is 0.383 e. The lowest BCUT2D eigenvalue weighted by atomic mass is 10.1. The second kappa shape index (κ2) is 7.03. The second-order valence-electron chi connectivity index (χ2n) is 6.58. The van der Waals surface area contributed by atoms with E-state index >= 15 is 0 Å². The molecule has 7 nitrogen and oxygen atoms in total. The zero-order valence-corrected chi connectivity index (χ0v) is 16.1. The molecular formula is C17H26N4O3S. The van der Waals surface area contributed by atoms with Crippen LogP contribution in [0.3, 0.4) is 0 Å². The van der Waals surface area contributed by atoms with Crippen molar-refractivity contribution in [3.8, 4) is 0 Å². The van der Waals surface area contributed by atoms with E-state index in [0.29, 0.717) is 25.1 Å². The number of aromatic nitrogens is 2. The number of hydrazine groups is 1. The standard InChI is InChI=1S/C17H26N4O3S/c1-5-17(6-7-17)21-14(22)13-11(2)12(10-19-18-3)25-15(13)20(16(21)23)8-9-24-4/h18-19H,5-10H2,1-4H3. The fraction of sp³-hybridized carbons (Fsp3) is 0.647. The van der Waals surface area contributed by atoms with Gasteiger partial charge in [0.05, 0.1) is 24.1 Å². The Balaban J connectivity index is 2.29. The van der Waals surface area contributed by atoms with Gasteiger partial charge in [0.15, 0.2) is 0 Å². The predicted octanol–water partition coefficient (Wildman–Crippen LogP) is 1.30. The van der Waals surface area contributed by atoms with Gasteiger partial charge in [0.2, 0.25) is 0 Å². The molecule has 0 radical (unpaired) electrons. The third kappa shape index (κ3) is 2.97. The number of hydrogen-bond acceptors (Lipinski definition) is 6. The Morgan fingerprint density at radius 3 is 2.60 bits per heavy atom. The van der Waals surface area contributed by atoms with Crippen LogP contribution in [0.25, 0.3) is 10.2 Å². The number of nitrogens with zero attached hydrogens (tertiary/aromatic N) is 2. The summed E-state index contributed by atoms with van der Waals surface area (Å²) in [5, 5.41) is 0.674. The fourth-order valence-electron chi connectivity index (χ4n) is 3.41. The highest BCUT2D eigenvalue weighted by molar-refractivity contribution is 7.18. The molecule has 2 aromatic rings. The van der Waals surface area contributed by atoms with Crippen molar-refractivity contribution >= 4 is 21.6 Å². The second-order valence-corrected chi connectivity index (χ2v) is 7.66. The van der Waals surface area contributed by atoms with E-state index in [0.717, 1.165) is 34.5 Å². The molecular weight excluding hydrogens is 340 g/mol. The van der Waals surface area contributed by atoms with E-state index < -0.39 is 0 Å². The molecule has 0 unspecified atom stereocenters. The van der Waals surface area contributed by atoms with E-state index in [1.54, 1.807) is 11.7 Å². The van der Waals surface area contributed by atoms with Gasteiger partial charge in [-0.3, -0.25) is 24.8 Å². The maximum Gasteiger partial charge on any atom is 0.332 e. The number of nitrogens with one attached hydrogen (secondary N) is 2. The minimum absolute atomic E-state index is 0.141. The number of hydrogen-bond donors (Lipinski definition) is 2. The van der Waals surface area contributed by atoms with Crippen molar-refractivity contribution in [2.24, 2.45) is 0 Å². The normalized spacial score (nSPS) is 15.8. The third-order valence-corrected chi connectivity index (χ3v) is 6.53. The Morgan fingerprint density at radius 1 is 1.32 bits per heavy atom. The van der Waals surface area contributed by atoms with Crippen LogP contribution in [0.4, 0.5) is 0 Å². The van der Waals surface area contributed by atoms with Crippen molar-refractivity contribution in [2.45, 2.75) is 51.7 Å². The molecule has 0 spiro atoms. The van der Waals surface area contributed by atoms with Crippen LogP contribution in [0.2, 0.25) is 0 Å². The summed E-state index contributed by atoms with van der Waals surface area (Å²) in [5.74, 6) is 0. The summed E-state index contributed by atoms with van der Waals surface area (Å²) in [7, 11) is 3.43. The van der Waals surface area contributed by atoms with Crippen LogP contribution in [-0.2, 0) is 23.4 Å². The summed E-state index contributed by atoms with van der Waals surface area (Å²) in [6.07, 6.45) is 2.59. The van der Waals surface area contributed by atoms with E-state index in [1.807, 2.05) is 20.9 Å². The zero-order valence-electron chi connectivity index (χ0n) is 15.3. The van der Waals surface area contributed by atoms with Crippen LogP contribution in [0.15, 0.2) is 9.59 Å². The number of ether oxygens (including phenoxy) is 1. The van der Waals surface area contributed by atoms with Crippen LogP contribution in [0.5, 0.6) is 0 Å². The molecule has 1 aliphatic carbocycles. The lowest BCUT2D eigenvalue weighted by Gasteiger charge is -2.18. The first-order valence-corrected chi connectivity index (χ1v) is 9.49. The molecule has 8 heteroatoms. The minimum Gasteiger partial charge on any atom is -0.383 e. The summed E-state index contributed by atoms with van der Waals surface area (Å²) in [4.78, 5) is 28.2. The molecule has 138 valence electrons. The Kier molecular flexibility index (Phi) is 5.15. The maximum atomic E-state index is 13.2. The molecule has 2 aromatic heterocycles. The molecule has 1 saturated carbocycles. The summed E-state index contributed by atoms with van der Waals surface area (Å²) in [5.41, 5.74) is 6.29. The first kappa shape index (κ1) is 18.3. The highest BCUT2D eigenvalue weighted by atomic mass is 32.1. The maximum absolute atomic E-state index is 13.2. The van der Waals surface area contributed by atoms with Crippen LogP contribution < -0.4 is 22.1 Å². The molecule has 0 atom stereocenters. The highest BCUT2D eigenvalue weighted by Gasteiger charge is 2.45. The van der Waals surface area contributed by atoms with Gasteiger partial charge in [0.25, 0.3) is 5.56 Å². The molecule has 0 aliphatic heterocycles. The Labute approximate surface area is 150 Å². The van der Waals surface area contributed by atoms with E-state index in [2.05, 4.69) is 10.9 Å². The number of thiophene rings is 1. The predicted molar refractivity (Wildman–Crippen MR) is 100 cm³/mol. The van der Waals surface area contributed by atoms with Gasteiger partial charge in [-0.2, -0.15) is 0 Å². The van der Waals surface area contributed by atoms with Gasteiger partial charge < -0.3 is 4.74 Å². The smallest absolute Gasteiger partial charge is 0.332 e. The van der Waals surface area contributed by atoms with Gasteiger partial charge >= 0.3 is 5.69 Å². The molecule has 3 rings (SSSR count). The molecule has 2 N–H and O–H groups in total. The molecule has 0 bridgehead atoms. The summed E-state index contributed by atoms with van der Waals surface area (Å²) in [6, 6.07) is 0. The first-order valence-electron chi connectivity index (χ1n) is 8.67. The van der Waals surface area contributed by atoms with Gasteiger partial charge in [-0.15, -0.1) is 11.3 Å². The number of fused-ring (bicyclic) bond motifs is 1. The van der Waals surface area contributed by atoms with Crippen molar-refractivity contribution in [3.05, 3.63) is 31.3 Å². The molecule has 25 heavy (non-hydrogen) atoms. The van der Waals surface area contributed by atoms with Gasteiger partial charge in [0, 0.05) is 18.5 Å². The molecule has 2 heterocycles. The van der Waals surface area contributed by atoms with Gasteiger partial charge in [0.1, 0.15) is 4.83 Å². The average molecular weight is 366 g/mol. The molecule has 0 aromatic carbocycles. The molecule has 0 amide bonds.